The van der Waals surface area contributed by atoms with Gasteiger partial charge in [-0.3, -0.25) is 4.57 Å². The largest absolute Gasteiger partial charge is 0.383 e. The van der Waals surface area contributed by atoms with Gasteiger partial charge in [-0.25, -0.2) is 4.79 Å². The second-order valence-electron chi connectivity index (χ2n) is 3.49. The number of nitrogens with zero attached hydrogens (tertiary/aromatic N) is 2. The minimum atomic E-state index is -0.339. The summed E-state index contributed by atoms with van der Waals surface area (Å²) >= 11 is 2.28. The van der Waals surface area contributed by atoms with Gasteiger partial charge in [0, 0.05) is 10.6 Å². The van der Waals surface area contributed by atoms with Gasteiger partial charge in [0.2, 0.25) is 0 Å². The molecule has 1 aromatic rings. The topological polar surface area (TPSA) is 70.1 Å². The first kappa shape index (κ1) is 10.9. The minimum Gasteiger partial charge on any atom is -0.383 e. The van der Waals surface area contributed by atoms with Gasteiger partial charge in [-0.05, 0) is 18.9 Å². The van der Waals surface area contributed by atoms with Gasteiger partial charge in [0.15, 0.2) is 0 Å². The molecule has 15 heavy (non-hydrogen) atoms. The van der Waals surface area contributed by atoms with Crippen molar-refractivity contribution in [3.8, 4) is 0 Å². The number of nitrogen functional groups attached to an aromatic ring is 1. The summed E-state index contributed by atoms with van der Waals surface area (Å²) in [6.07, 6.45) is 3.57. The fourth-order valence-electron chi connectivity index (χ4n) is 1.65. The molecule has 1 aromatic heterocycles. The van der Waals surface area contributed by atoms with E-state index in [0.29, 0.717) is 0 Å². The van der Waals surface area contributed by atoms with Crippen LogP contribution >= 0.6 is 22.6 Å². The zero-order valence-corrected chi connectivity index (χ0v) is 10.3. The molecule has 1 aliphatic heterocycles. The molecule has 2 rings (SSSR count). The Labute approximate surface area is 101 Å². The standard InChI is InChI=1S/C9H12IN3O2/c10-5-6-1-2-8(15-6)13-4-3-7(11)12-9(13)14/h3-4,6,8H,1-2,5H2,(H2,11,12,14). The number of nitrogens with two attached hydrogens (primary N) is 1. The fourth-order valence-corrected chi connectivity index (χ4v) is 2.30. The highest BCUT2D eigenvalue weighted by Crippen LogP contribution is 2.27. The van der Waals surface area contributed by atoms with Crippen LogP contribution in [0.5, 0.6) is 0 Å². The number of anilines is 1. The van der Waals surface area contributed by atoms with Crippen molar-refractivity contribution >= 4 is 28.4 Å². The van der Waals surface area contributed by atoms with E-state index in [9.17, 15) is 4.79 Å². The SMILES string of the molecule is Nc1ccn(C2CCC(CI)O2)c(=O)n1. The molecular weight excluding hydrogens is 309 g/mol. The Morgan fingerprint density at radius 2 is 2.47 bits per heavy atom. The summed E-state index contributed by atoms with van der Waals surface area (Å²) in [5.41, 5.74) is 5.07. The van der Waals surface area contributed by atoms with Crippen molar-refractivity contribution in [2.45, 2.75) is 25.2 Å². The summed E-state index contributed by atoms with van der Waals surface area (Å²) in [7, 11) is 0. The van der Waals surface area contributed by atoms with Crippen molar-refractivity contribution in [2.75, 3.05) is 10.2 Å². The van der Waals surface area contributed by atoms with E-state index in [0.717, 1.165) is 17.3 Å². The van der Waals surface area contributed by atoms with Crippen molar-refractivity contribution in [3.05, 3.63) is 22.7 Å². The Hall–Kier alpha value is -0.630. The second-order valence-corrected chi connectivity index (χ2v) is 4.37. The molecule has 0 saturated carbocycles. The Bertz CT molecular complexity index is 407. The van der Waals surface area contributed by atoms with Gasteiger partial charge < -0.3 is 10.5 Å². The van der Waals surface area contributed by atoms with Crippen LogP contribution in [-0.2, 0) is 4.74 Å². The quantitative estimate of drug-likeness (QED) is 0.650. The molecule has 2 unspecified atom stereocenters. The number of rotatable bonds is 2. The highest BCUT2D eigenvalue weighted by molar-refractivity contribution is 14.1. The summed E-state index contributed by atoms with van der Waals surface area (Å²) in [5.74, 6) is 0.250. The Morgan fingerprint density at radius 3 is 3.07 bits per heavy atom. The number of alkyl halides is 1. The smallest absolute Gasteiger partial charge is 0.351 e. The summed E-state index contributed by atoms with van der Waals surface area (Å²) in [5, 5.41) is 0. The predicted octanol–water partition coefficient (Wildman–Crippen LogP) is 0.938. The molecule has 2 heterocycles. The zero-order valence-electron chi connectivity index (χ0n) is 8.10. The van der Waals surface area contributed by atoms with E-state index in [-0.39, 0.29) is 23.8 Å². The lowest BCUT2D eigenvalue weighted by Crippen LogP contribution is -2.27. The molecular formula is C9H12IN3O2. The minimum absolute atomic E-state index is 0.176. The maximum absolute atomic E-state index is 11.5. The molecule has 0 aliphatic carbocycles. The maximum Gasteiger partial charge on any atom is 0.351 e. The Morgan fingerprint density at radius 1 is 1.67 bits per heavy atom. The van der Waals surface area contributed by atoms with E-state index in [1.807, 2.05) is 0 Å². The summed E-state index contributed by atoms with van der Waals surface area (Å²) in [6.45, 7) is 0. The lowest BCUT2D eigenvalue weighted by Gasteiger charge is -2.14. The molecule has 0 radical (unpaired) electrons. The Balaban J connectivity index is 2.20. The van der Waals surface area contributed by atoms with E-state index < -0.39 is 0 Å². The maximum atomic E-state index is 11.5. The van der Waals surface area contributed by atoms with E-state index in [2.05, 4.69) is 27.6 Å². The molecule has 1 saturated heterocycles. The molecule has 1 fully saturated rings. The molecule has 2 N–H and O–H groups in total. The number of halogens is 1. The van der Waals surface area contributed by atoms with E-state index >= 15 is 0 Å². The molecule has 0 spiro atoms. The average molecular weight is 321 g/mol. The number of ether oxygens (including phenoxy) is 1. The fraction of sp³-hybridized carbons (Fsp3) is 0.556. The number of hydrogen-bond donors (Lipinski definition) is 1. The van der Waals surface area contributed by atoms with E-state index in [1.54, 1.807) is 12.3 Å². The molecule has 0 aromatic carbocycles. The highest BCUT2D eigenvalue weighted by Gasteiger charge is 2.26. The van der Waals surface area contributed by atoms with Crippen LogP contribution in [0.4, 0.5) is 5.82 Å². The predicted molar refractivity (Wildman–Crippen MR) is 64.9 cm³/mol. The normalized spacial score (nSPS) is 25.7. The van der Waals surface area contributed by atoms with Gasteiger partial charge in [0.1, 0.15) is 12.0 Å². The van der Waals surface area contributed by atoms with Crippen LogP contribution in [0.25, 0.3) is 0 Å². The molecule has 6 heteroatoms. The zero-order chi connectivity index (χ0) is 10.8. The van der Waals surface area contributed by atoms with Gasteiger partial charge in [0.25, 0.3) is 0 Å². The summed E-state index contributed by atoms with van der Waals surface area (Å²) in [6, 6.07) is 1.61. The first-order valence-corrected chi connectivity index (χ1v) is 6.29. The van der Waals surface area contributed by atoms with Crippen LogP contribution in [0, 0.1) is 0 Å². The van der Waals surface area contributed by atoms with Crippen LogP contribution < -0.4 is 11.4 Å². The molecule has 2 atom stereocenters. The van der Waals surface area contributed by atoms with E-state index in [4.69, 9.17) is 10.5 Å². The number of hydrogen-bond acceptors (Lipinski definition) is 4. The summed E-state index contributed by atoms with van der Waals surface area (Å²) < 4.78 is 8.14. The first-order valence-electron chi connectivity index (χ1n) is 4.77. The molecule has 1 aliphatic rings. The van der Waals surface area contributed by atoms with Gasteiger partial charge in [-0.15, -0.1) is 0 Å². The van der Waals surface area contributed by atoms with Crippen LogP contribution in [-0.4, -0.2) is 20.1 Å². The monoisotopic (exact) mass is 321 g/mol. The average Bonchev–Trinajstić information content (AvgIpc) is 2.66. The second kappa shape index (κ2) is 4.48. The van der Waals surface area contributed by atoms with Crippen LogP contribution in [0.15, 0.2) is 17.1 Å². The van der Waals surface area contributed by atoms with Crippen LogP contribution in [0.1, 0.15) is 19.1 Å². The highest BCUT2D eigenvalue weighted by atomic mass is 127. The van der Waals surface area contributed by atoms with Crippen molar-refractivity contribution in [2.24, 2.45) is 0 Å². The van der Waals surface area contributed by atoms with Crippen molar-refractivity contribution in [1.82, 2.24) is 9.55 Å². The van der Waals surface area contributed by atoms with E-state index in [1.165, 1.54) is 4.57 Å². The van der Waals surface area contributed by atoms with Gasteiger partial charge in [-0.2, -0.15) is 4.98 Å². The molecule has 0 amide bonds. The third-order valence-corrected chi connectivity index (χ3v) is 3.40. The summed E-state index contributed by atoms with van der Waals surface area (Å²) in [4.78, 5) is 15.2. The van der Waals surface area contributed by atoms with Gasteiger partial charge in [0.05, 0.1) is 6.10 Å². The van der Waals surface area contributed by atoms with Crippen molar-refractivity contribution in [1.29, 1.82) is 0 Å². The molecule has 5 nitrogen and oxygen atoms in total. The van der Waals surface area contributed by atoms with Gasteiger partial charge in [-0.1, -0.05) is 22.6 Å². The molecule has 82 valence electrons. The third-order valence-electron chi connectivity index (χ3n) is 2.42. The van der Waals surface area contributed by atoms with Crippen LogP contribution in [0.3, 0.4) is 0 Å². The molecule has 0 bridgehead atoms. The van der Waals surface area contributed by atoms with Crippen molar-refractivity contribution in [3.63, 3.8) is 0 Å². The third kappa shape index (κ3) is 2.31. The van der Waals surface area contributed by atoms with Gasteiger partial charge >= 0.3 is 5.69 Å². The first-order chi connectivity index (χ1) is 7.20. The van der Waals surface area contributed by atoms with Crippen LogP contribution in [0.2, 0.25) is 0 Å². The van der Waals surface area contributed by atoms with Crippen molar-refractivity contribution < 1.29 is 4.74 Å². The lowest BCUT2D eigenvalue weighted by molar-refractivity contribution is 0.0114. The lowest BCUT2D eigenvalue weighted by atomic mass is 10.2. The Kier molecular flexibility index (Phi) is 3.25. The number of aromatic nitrogens is 2.